The second kappa shape index (κ2) is 4.68. The molecule has 1 atom stereocenters. The predicted molar refractivity (Wildman–Crippen MR) is 76.0 cm³/mol. The predicted octanol–water partition coefficient (Wildman–Crippen LogP) is 2.68. The molecule has 1 aliphatic heterocycles. The van der Waals surface area contributed by atoms with E-state index >= 15 is 0 Å². The molecule has 0 aromatic rings. The highest BCUT2D eigenvalue weighted by Crippen LogP contribution is 2.57. The summed E-state index contributed by atoms with van der Waals surface area (Å²) < 4.78 is 6.52. The zero-order chi connectivity index (χ0) is 12.0. The maximum absolute atomic E-state index is 6.52. The molecule has 4 aliphatic carbocycles. The van der Waals surface area contributed by atoms with Crippen molar-refractivity contribution < 1.29 is 4.74 Å². The van der Waals surface area contributed by atoms with E-state index in [1.54, 1.807) is 0 Å². The topological polar surface area (TPSA) is 21.3 Å². The quantitative estimate of drug-likeness (QED) is 0.849. The Labute approximate surface area is 115 Å². The van der Waals surface area contributed by atoms with Crippen LogP contribution in [0.5, 0.6) is 0 Å². The summed E-state index contributed by atoms with van der Waals surface area (Å²) in [6, 6.07) is 0. The lowest BCUT2D eigenvalue weighted by Crippen LogP contribution is -2.53. The zero-order valence-corrected chi connectivity index (χ0v) is 12.0. The molecule has 1 heterocycles. The Morgan fingerprint density at radius 3 is 2.28 bits per heavy atom. The van der Waals surface area contributed by atoms with Gasteiger partial charge in [0.1, 0.15) is 0 Å². The lowest BCUT2D eigenvalue weighted by molar-refractivity contribution is -0.161. The van der Waals surface area contributed by atoms with E-state index < -0.39 is 0 Å². The maximum Gasteiger partial charge on any atom is 0.0691 e. The van der Waals surface area contributed by atoms with Gasteiger partial charge >= 0.3 is 0 Å². The van der Waals surface area contributed by atoms with Gasteiger partial charge in [-0.15, -0.1) is 0 Å². The summed E-state index contributed by atoms with van der Waals surface area (Å²) >= 11 is 2.10. The van der Waals surface area contributed by atoms with Gasteiger partial charge < -0.3 is 10.1 Å². The van der Waals surface area contributed by atoms with Crippen LogP contribution in [0.4, 0.5) is 0 Å². The number of ether oxygens (including phenoxy) is 1. The maximum atomic E-state index is 6.52. The van der Waals surface area contributed by atoms with Crippen molar-refractivity contribution in [1.29, 1.82) is 0 Å². The monoisotopic (exact) mass is 267 g/mol. The number of hydrogen-bond donors (Lipinski definition) is 1. The van der Waals surface area contributed by atoms with Gasteiger partial charge in [-0.25, -0.2) is 0 Å². The average molecular weight is 267 g/mol. The van der Waals surface area contributed by atoms with Crippen molar-refractivity contribution in [2.45, 2.75) is 49.4 Å². The second-order valence-corrected chi connectivity index (χ2v) is 8.52. The van der Waals surface area contributed by atoms with Crippen molar-refractivity contribution in [2.24, 2.45) is 17.8 Å². The van der Waals surface area contributed by atoms with Gasteiger partial charge in [0, 0.05) is 24.1 Å². The SMILES string of the molecule is C1CSC(COC23CC4CC(CC(C4)C2)C3)CN1. The summed E-state index contributed by atoms with van der Waals surface area (Å²) in [4.78, 5) is 0. The van der Waals surface area contributed by atoms with Crippen LogP contribution in [0.15, 0.2) is 0 Å². The van der Waals surface area contributed by atoms with Crippen molar-refractivity contribution in [1.82, 2.24) is 5.32 Å². The van der Waals surface area contributed by atoms with E-state index in [0.29, 0.717) is 10.9 Å². The molecule has 1 unspecified atom stereocenters. The smallest absolute Gasteiger partial charge is 0.0691 e. The Kier molecular flexibility index (Phi) is 3.13. The van der Waals surface area contributed by atoms with E-state index in [9.17, 15) is 0 Å². The molecule has 18 heavy (non-hydrogen) atoms. The first-order valence-corrected chi connectivity index (χ1v) is 8.82. The zero-order valence-electron chi connectivity index (χ0n) is 11.2. The lowest BCUT2D eigenvalue weighted by atomic mass is 9.54. The second-order valence-electron chi connectivity index (χ2n) is 7.11. The average Bonchev–Trinajstić information content (AvgIpc) is 2.36. The van der Waals surface area contributed by atoms with E-state index in [0.717, 1.165) is 30.9 Å². The van der Waals surface area contributed by atoms with Crippen LogP contribution in [0, 0.1) is 17.8 Å². The van der Waals surface area contributed by atoms with Gasteiger partial charge in [-0.2, -0.15) is 11.8 Å². The van der Waals surface area contributed by atoms with Crippen LogP contribution >= 0.6 is 11.8 Å². The Morgan fingerprint density at radius 1 is 1.06 bits per heavy atom. The largest absolute Gasteiger partial charge is 0.374 e. The van der Waals surface area contributed by atoms with E-state index in [1.807, 2.05) is 0 Å². The molecule has 102 valence electrons. The Balaban J connectivity index is 1.38. The minimum atomic E-state index is 0.312. The minimum Gasteiger partial charge on any atom is -0.374 e. The fourth-order valence-corrected chi connectivity index (χ4v) is 6.20. The summed E-state index contributed by atoms with van der Waals surface area (Å²) in [5.41, 5.74) is 0.312. The van der Waals surface area contributed by atoms with Crippen LogP contribution in [-0.2, 0) is 4.74 Å². The summed E-state index contributed by atoms with van der Waals surface area (Å²) in [6.45, 7) is 3.32. The Bertz CT molecular complexity index is 278. The van der Waals surface area contributed by atoms with Crippen LogP contribution in [0.3, 0.4) is 0 Å². The molecule has 2 nitrogen and oxygen atoms in total. The van der Waals surface area contributed by atoms with Crippen molar-refractivity contribution in [2.75, 3.05) is 25.4 Å². The number of thioether (sulfide) groups is 1. The van der Waals surface area contributed by atoms with Crippen LogP contribution in [0.25, 0.3) is 0 Å². The van der Waals surface area contributed by atoms with Crippen LogP contribution in [0.2, 0.25) is 0 Å². The summed E-state index contributed by atoms with van der Waals surface area (Å²) in [7, 11) is 0. The molecular formula is C15H25NOS. The minimum absolute atomic E-state index is 0.312. The molecule has 4 saturated carbocycles. The number of rotatable bonds is 3. The molecule has 5 fully saturated rings. The van der Waals surface area contributed by atoms with Gasteiger partial charge in [-0.05, 0) is 56.3 Å². The highest BCUT2D eigenvalue weighted by Gasteiger charge is 2.51. The van der Waals surface area contributed by atoms with Gasteiger partial charge in [-0.3, -0.25) is 0 Å². The number of nitrogens with one attached hydrogen (secondary N) is 1. The molecule has 0 radical (unpaired) electrons. The molecule has 0 aromatic heterocycles. The summed E-state index contributed by atoms with van der Waals surface area (Å²) in [5, 5.41) is 4.19. The Morgan fingerprint density at radius 2 is 1.72 bits per heavy atom. The normalized spacial score (nSPS) is 50.7. The van der Waals surface area contributed by atoms with Crippen molar-refractivity contribution in [3.8, 4) is 0 Å². The van der Waals surface area contributed by atoms with Gasteiger partial charge in [0.2, 0.25) is 0 Å². The third-order valence-corrected chi connectivity index (χ3v) is 6.78. The van der Waals surface area contributed by atoms with E-state index in [1.165, 1.54) is 50.8 Å². The highest BCUT2D eigenvalue weighted by atomic mass is 32.2. The molecule has 1 N–H and O–H groups in total. The summed E-state index contributed by atoms with van der Waals surface area (Å²) in [5.74, 6) is 4.28. The third-order valence-electron chi connectivity index (χ3n) is 5.56. The van der Waals surface area contributed by atoms with Crippen LogP contribution in [-0.4, -0.2) is 36.3 Å². The first-order chi connectivity index (χ1) is 8.81. The standard InChI is InChI=1S/C15H25NOS/c1-2-18-14(9-16-1)10-17-15-6-11-3-12(7-15)5-13(4-11)8-15/h11-14,16H,1-10H2. The van der Waals surface area contributed by atoms with E-state index in [-0.39, 0.29) is 0 Å². The molecule has 0 spiro atoms. The Hall–Kier alpha value is 0.270. The van der Waals surface area contributed by atoms with Crippen LogP contribution < -0.4 is 5.32 Å². The first-order valence-electron chi connectivity index (χ1n) is 7.78. The van der Waals surface area contributed by atoms with Crippen molar-refractivity contribution >= 4 is 11.8 Å². The first kappa shape index (κ1) is 12.0. The molecular weight excluding hydrogens is 242 g/mol. The third kappa shape index (κ3) is 2.23. The van der Waals surface area contributed by atoms with Crippen LogP contribution in [0.1, 0.15) is 38.5 Å². The van der Waals surface area contributed by atoms with Crippen molar-refractivity contribution in [3.05, 3.63) is 0 Å². The van der Waals surface area contributed by atoms with Gasteiger partial charge in [0.15, 0.2) is 0 Å². The molecule has 3 heteroatoms. The molecule has 5 rings (SSSR count). The van der Waals surface area contributed by atoms with Gasteiger partial charge in [0.05, 0.1) is 12.2 Å². The van der Waals surface area contributed by atoms with Gasteiger partial charge in [0.25, 0.3) is 0 Å². The number of hydrogen-bond acceptors (Lipinski definition) is 3. The lowest BCUT2D eigenvalue weighted by Gasteiger charge is -2.56. The van der Waals surface area contributed by atoms with Gasteiger partial charge in [-0.1, -0.05) is 0 Å². The highest BCUT2D eigenvalue weighted by molar-refractivity contribution is 8.00. The summed E-state index contributed by atoms with van der Waals surface area (Å²) in [6.07, 6.45) is 8.68. The molecule has 0 amide bonds. The fourth-order valence-electron chi connectivity index (χ4n) is 5.20. The van der Waals surface area contributed by atoms with E-state index in [2.05, 4.69) is 17.1 Å². The fraction of sp³-hybridized carbons (Fsp3) is 1.00. The van der Waals surface area contributed by atoms with E-state index in [4.69, 9.17) is 4.74 Å². The molecule has 5 aliphatic rings. The molecule has 4 bridgehead atoms. The molecule has 1 saturated heterocycles. The van der Waals surface area contributed by atoms with Crippen molar-refractivity contribution in [3.63, 3.8) is 0 Å². The molecule has 0 aromatic carbocycles.